The number of hydrogen-bond donors (Lipinski definition) is 0. The van der Waals surface area contributed by atoms with Crippen molar-refractivity contribution in [2.45, 2.75) is 0 Å². The van der Waals surface area contributed by atoms with E-state index < -0.39 is 4.92 Å². The van der Waals surface area contributed by atoms with Crippen molar-refractivity contribution in [2.75, 3.05) is 0 Å². The third-order valence-corrected chi connectivity index (χ3v) is 1.45. The Morgan fingerprint density at radius 1 is 1.45 bits per heavy atom. The Balaban J connectivity index is 3.12. The van der Waals surface area contributed by atoms with Crippen molar-refractivity contribution in [3.8, 4) is 5.75 Å². The molecule has 1 rings (SSSR count). The van der Waals surface area contributed by atoms with Gasteiger partial charge < -0.3 is 0 Å². The Bertz CT molecular complexity index is 276. The molecular formula is C6H4AgNO3. The third kappa shape index (κ3) is 1.80. The van der Waals surface area contributed by atoms with Gasteiger partial charge in [0.1, 0.15) is 0 Å². The van der Waals surface area contributed by atoms with Crippen LogP contribution in [0.4, 0.5) is 5.69 Å². The molecule has 4 nitrogen and oxygen atoms in total. The van der Waals surface area contributed by atoms with Gasteiger partial charge in [-0.1, -0.05) is 0 Å². The summed E-state index contributed by atoms with van der Waals surface area (Å²) in [7, 11) is 0. The molecule has 0 radical (unpaired) electrons. The standard InChI is InChI=1S/C6H5NO3.Ag/c8-6-4-2-1-3-5(6)7(9)10;/h1-4,8H;/q;+1/p-1. The average molecular weight is 246 g/mol. The molecule has 0 unspecified atom stereocenters. The zero-order valence-corrected chi connectivity index (χ0v) is 6.77. The molecule has 0 aliphatic carbocycles. The van der Waals surface area contributed by atoms with Gasteiger partial charge in [0.2, 0.25) is 0 Å². The summed E-state index contributed by atoms with van der Waals surface area (Å²) in [5, 5.41) is 10.3. The van der Waals surface area contributed by atoms with E-state index in [1.165, 1.54) is 12.1 Å². The molecule has 0 atom stereocenters. The van der Waals surface area contributed by atoms with Crippen molar-refractivity contribution in [1.82, 2.24) is 0 Å². The van der Waals surface area contributed by atoms with Crippen LogP contribution in [0.15, 0.2) is 24.3 Å². The molecule has 0 spiro atoms. The zero-order valence-electron chi connectivity index (χ0n) is 5.28. The first kappa shape index (κ1) is 8.26. The van der Waals surface area contributed by atoms with Crippen LogP contribution in [0.25, 0.3) is 0 Å². The molecule has 1 aromatic carbocycles. The normalized spacial score (nSPS) is 9.27. The minimum absolute atomic E-state index is 0.0521. The predicted molar refractivity (Wildman–Crippen MR) is 33.7 cm³/mol. The van der Waals surface area contributed by atoms with Gasteiger partial charge in [-0.25, -0.2) is 0 Å². The Hall–Kier alpha value is -0.840. The van der Waals surface area contributed by atoms with Gasteiger partial charge >= 0.3 is 75.4 Å². The molecule has 0 aromatic heterocycles. The summed E-state index contributed by atoms with van der Waals surface area (Å²) >= 11 is 2.69. The van der Waals surface area contributed by atoms with Crippen molar-refractivity contribution in [3.05, 3.63) is 34.4 Å². The Morgan fingerprint density at radius 3 is 2.55 bits per heavy atom. The van der Waals surface area contributed by atoms with E-state index in [0.717, 1.165) is 0 Å². The summed E-state index contributed by atoms with van der Waals surface area (Å²) < 4.78 is 4.57. The van der Waals surface area contributed by atoms with E-state index in [-0.39, 0.29) is 11.4 Å². The van der Waals surface area contributed by atoms with E-state index >= 15 is 0 Å². The minimum atomic E-state index is -0.504. The van der Waals surface area contributed by atoms with E-state index in [2.05, 4.69) is 24.7 Å². The molecule has 5 heteroatoms. The fraction of sp³-hybridized carbons (Fsp3) is 0. The zero-order chi connectivity index (χ0) is 8.27. The molecule has 0 saturated heterocycles. The third-order valence-electron chi connectivity index (χ3n) is 1.13. The van der Waals surface area contributed by atoms with Gasteiger partial charge in [0.15, 0.2) is 0 Å². The van der Waals surface area contributed by atoms with Gasteiger partial charge in [-0.2, -0.15) is 0 Å². The molecule has 0 fully saturated rings. The number of nitro groups is 1. The first-order valence-electron chi connectivity index (χ1n) is 2.74. The van der Waals surface area contributed by atoms with E-state index in [4.69, 9.17) is 0 Å². The molecule has 11 heavy (non-hydrogen) atoms. The van der Waals surface area contributed by atoms with Crippen molar-refractivity contribution < 1.29 is 29.6 Å². The number of nitrogens with zero attached hydrogens (tertiary/aromatic N) is 1. The molecule has 0 heterocycles. The van der Waals surface area contributed by atoms with Gasteiger partial charge in [0.25, 0.3) is 0 Å². The van der Waals surface area contributed by atoms with Gasteiger partial charge in [-0.05, 0) is 0 Å². The molecule has 0 amide bonds. The van der Waals surface area contributed by atoms with E-state index in [9.17, 15) is 10.1 Å². The monoisotopic (exact) mass is 245 g/mol. The Labute approximate surface area is 75.7 Å². The summed E-state index contributed by atoms with van der Waals surface area (Å²) in [6.45, 7) is 0. The summed E-state index contributed by atoms with van der Waals surface area (Å²) in [6.07, 6.45) is 0. The van der Waals surface area contributed by atoms with Gasteiger partial charge in [0, 0.05) is 0 Å². The van der Waals surface area contributed by atoms with Gasteiger partial charge in [-0.15, -0.1) is 0 Å². The van der Waals surface area contributed by atoms with Crippen molar-refractivity contribution in [1.29, 1.82) is 0 Å². The van der Waals surface area contributed by atoms with Crippen LogP contribution in [0.2, 0.25) is 0 Å². The van der Waals surface area contributed by atoms with E-state index in [0.29, 0.717) is 0 Å². The maximum absolute atomic E-state index is 10.3. The number of hydrogen-bond acceptors (Lipinski definition) is 3. The first-order chi connectivity index (χ1) is 5.25. The number of para-hydroxylation sites is 2. The molecule has 0 saturated carbocycles. The predicted octanol–water partition coefficient (Wildman–Crippen LogP) is 1.44. The summed E-state index contributed by atoms with van der Waals surface area (Å²) in [4.78, 5) is 9.78. The van der Waals surface area contributed by atoms with Crippen LogP contribution in [-0.2, 0) is 21.5 Å². The first-order valence-corrected chi connectivity index (χ1v) is 3.35. The van der Waals surface area contributed by atoms with Crippen LogP contribution in [0.1, 0.15) is 0 Å². The van der Waals surface area contributed by atoms with Crippen LogP contribution in [0.5, 0.6) is 5.75 Å². The Morgan fingerprint density at radius 2 is 2.09 bits per heavy atom. The topological polar surface area (TPSA) is 52.4 Å². The second-order valence-electron chi connectivity index (χ2n) is 1.79. The maximum atomic E-state index is 10.3. The van der Waals surface area contributed by atoms with E-state index in [1.807, 2.05) is 0 Å². The Kier molecular flexibility index (Phi) is 2.64. The molecule has 62 valence electrons. The van der Waals surface area contributed by atoms with Crippen LogP contribution >= 0.6 is 0 Å². The SMILES string of the molecule is O=[N+]([O-])c1ccccc1[O][Ag]. The molecule has 0 aliphatic heterocycles. The summed E-state index contributed by atoms with van der Waals surface area (Å²) in [5.41, 5.74) is -0.0521. The molecule has 0 bridgehead atoms. The molecule has 1 aromatic rings. The van der Waals surface area contributed by atoms with Crippen LogP contribution in [0, 0.1) is 10.1 Å². The van der Waals surface area contributed by atoms with Gasteiger partial charge in [-0.3, -0.25) is 0 Å². The van der Waals surface area contributed by atoms with Crippen molar-refractivity contribution in [3.63, 3.8) is 0 Å². The van der Waals surface area contributed by atoms with Crippen molar-refractivity contribution in [2.24, 2.45) is 0 Å². The second-order valence-corrected chi connectivity index (χ2v) is 2.09. The van der Waals surface area contributed by atoms with E-state index in [1.54, 1.807) is 12.1 Å². The fourth-order valence-corrected chi connectivity index (χ4v) is 0.916. The quantitative estimate of drug-likeness (QED) is 0.450. The van der Waals surface area contributed by atoms with Gasteiger partial charge in [0.05, 0.1) is 0 Å². The van der Waals surface area contributed by atoms with Crippen LogP contribution < -0.4 is 3.24 Å². The van der Waals surface area contributed by atoms with Crippen molar-refractivity contribution >= 4 is 5.69 Å². The molecule has 0 aliphatic rings. The number of benzene rings is 1. The second kappa shape index (κ2) is 3.52. The number of nitro benzene ring substituents is 1. The summed E-state index contributed by atoms with van der Waals surface area (Å²) in [6, 6.07) is 6.11. The fourth-order valence-electron chi connectivity index (χ4n) is 0.660. The van der Waals surface area contributed by atoms with Crippen LogP contribution in [0.3, 0.4) is 0 Å². The summed E-state index contributed by atoms with van der Waals surface area (Å²) in [5.74, 6) is 0.205. The number of rotatable bonds is 2. The molecular weight excluding hydrogens is 242 g/mol. The molecule has 0 N–H and O–H groups in total. The van der Waals surface area contributed by atoms with Crippen LogP contribution in [-0.4, -0.2) is 4.92 Å². The average Bonchev–Trinajstić information content (AvgIpc) is 2.04.